The largest absolute Gasteiger partial charge is 0.465 e. The van der Waals surface area contributed by atoms with Crippen LogP contribution in [0.2, 0.25) is 5.22 Å². The van der Waals surface area contributed by atoms with Crippen LogP contribution < -0.4 is 5.14 Å². The van der Waals surface area contributed by atoms with Gasteiger partial charge in [-0.15, -0.1) is 0 Å². The molecule has 0 unspecified atom stereocenters. The van der Waals surface area contributed by atoms with Crippen molar-refractivity contribution in [3.05, 3.63) is 16.8 Å². The van der Waals surface area contributed by atoms with Gasteiger partial charge in [0.25, 0.3) is 10.0 Å². The van der Waals surface area contributed by atoms with Gasteiger partial charge in [0.05, 0.1) is 7.11 Å². The molecule has 0 radical (unpaired) electrons. The van der Waals surface area contributed by atoms with Crippen LogP contribution in [0.1, 0.15) is 10.4 Å². The van der Waals surface area contributed by atoms with Crippen molar-refractivity contribution < 1.29 is 22.4 Å². The van der Waals surface area contributed by atoms with Crippen molar-refractivity contribution in [3.63, 3.8) is 0 Å². The van der Waals surface area contributed by atoms with Crippen molar-refractivity contribution in [2.24, 2.45) is 5.14 Å². The molecule has 0 spiro atoms. The third kappa shape index (κ3) is 2.06. The van der Waals surface area contributed by atoms with Gasteiger partial charge in [0, 0.05) is 6.07 Å². The van der Waals surface area contributed by atoms with Crippen LogP contribution in [0.3, 0.4) is 0 Å². The predicted molar refractivity (Wildman–Crippen MR) is 46.4 cm³/mol. The van der Waals surface area contributed by atoms with E-state index in [2.05, 4.69) is 9.15 Å². The van der Waals surface area contributed by atoms with Crippen molar-refractivity contribution in [1.82, 2.24) is 0 Å². The molecule has 2 N–H and O–H groups in total. The van der Waals surface area contributed by atoms with E-state index in [1.54, 1.807) is 0 Å². The van der Waals surface area contributed by atoms with Crippen LogP contribution in [0.4, 0.5) is 0 Å². The maximum absolute atomic E-state index is 11.0. The molecule has 0 bridgehead atoms. The summed E-state index contributed by atoms with van der Waals surface area (Å²) in [6.07, 6.45) is 0. The topological polar surface area (TPSA) is 99.6 Å². The standard InChI is InChI=1S/C6H6ClNO5S/c1-12-6(9)3-2-4(13-5(3)7)14(8,10)11/h2H,1H3,(H2,8,10,11). The highest BCUT2D eigenvalue weighted by atomic mass is 35.5. The number of furan rings is 1. The van der Waals surface area contributed by atoms with Crippen LogP contribution in [0.5, 0.6) is 0 Å². The molecule has 1 aromatic heterocycles. The molecule has 0 amide bonds. The molecule has 0 saturated carbocycles. The van der Waals surface area contributed by atoms with E-state index in [1.165, 1.54) is 0 Å². The van der Waals surface area contributed by atoms with Gasteiger partial charge in [0.2, 0.25) is 10.3 Å². The number of primary sulfonamides is 1. The van der Waals surface area contributed by atoms with Crippen LogP contribution in [-0.4, -0.2) is 21.5 Å². The summed E-state index contributed by atoms with van der Waals surface area (Å²) in [4.78, 5) is 11.0. The van der Waals surface area contributed by atoms with Crippen LogP contribution in [-0.2, 0) is 14.8 Å². The molecule has 0 fully saturated rings. The lowest BCUT2D eigenvalue weighted by Crippen LogP contribution is -2.11. The molecule has 1 heterocycles. The summed E-state index contributed by atoms with van der Waals surface area (Å²) in [6.45, 7) is 0. The first kappa shape index (κ1) is 11.0. The lowest BCUT2D eigenvalue weighted by molar-refractivity contribution is 0.0600. The number of rotatable bonds is 2. The second-order valence-corrected chi connectivity index (χ2v) is 4.13. The maximum Gasteiger partial charge on any atom is 0.342 e. The quantitative estimate of drug-likeness (QED) is 0.752. The summed E-state index contributed by atoms with van der Waals surface area (Å²) < 4.78 is 30.4. The minimum atomic E-state index is -4.01. The Kier molecular flexibility index (Phi) is 2.84. The molecule has 78 valence electrons. The fourth-order valence-corrected chi connectivity index (χ4v) is 1.48. The Hall–Kier alpha value is -1.05. The fourth-order valence-electron chi connectivity index (χ4n) is 0.737. The second-order valence-electron chi connectivity index (χ2n) is 2.29. The van der Waals surface area contributed by atoms with Crippen LogP contribution in [0.15, 0.2) is 15.6 Å². The second kappa shape index (κ2) is 3.60. The molecule has 0 aromatic carbocycles. The minimum absolute atomic E-state index is 0.182. The highest BCUT2D eigenvalue weighted by molar-refractivity contribution is 7.89. The number of hydrogen-bond donors (Lipinski definition) is 1. The lowest BCUT2D eigenvalue weighted by atomic mass is 10.3. The average Bonchev–Trinajstić information content (AvgIpc) is 2.45. The first-order valence-electron chi connectivity index (χ1n) is 3.26. The monoisotopic (exact) mass is 239 g/mol. The van der Waals surface area contributed by atoms with Crippen LogP contribution >= 0.6 is 11.6 Å². The van der Waals surface area contributed by atoms with Gasteiger partial charge in [-0.25, -0.2) is 18.4 Å². The SMILES string of the molecule is COC(=O)c1cc(S(N)(=O)=O)oc1Cl. The summed E-state index contributed by atoms with van der Waals surface area (Å²) in [5.74, 6) is -0.798. The Morgan fingerprint density at radius 3 is 2.57 bits per heavy atom. The number of halogens is 1. The van der Waals surface area contributed by atoms with Gasteiger partial charge in [-0.1, -0.05) is 0 Å². The Balaban J connectivity index is 3.25. The van der Waals surface area contributed by atoms with Gasteiger partial charge in [-0.2, -0.15) is 0 Å². The van der Waals surface area contributed by atoms with E-state index in [0.29, 0.717) is 0 Å². The smallest absolute Gasteiger partial charge is 0.342 e. The summed E-state index contributed by atoms with van der Waals surface area (Å²) in [5, 5.41) is 3.79. The normalized spacial score (nSPS) is 11.4. The molecule has 8 heteroatoms. The Labute approximate surface area is 84.6 Å². The molecular weight excluding hydrogens is 234 g/mol. The fraction of sp³-hybridized carbons (Fsp3) is 0.167. The lowest BCUT2D eigenvalue weighted by Gasteiger charge is -1.92. The number of nitrogens with two attached hydrogens (primary N) is 1. The zero-order valence-electron chi connectivity index (χ0n) is 6.98. The van der Waals surface area contributed by atoms with Gasteiger partial charge in [0.15, 0.2) is 0 Å². The Morgan fingerprint density at radius 2 is 2.21 bits per heavy atom. The van der Waals surface area contributed by atoms with E-state index in [1.807, 2.05) is 0 Å². The van der Waals surface area contributed by atoms with E-state index < -0.39 is 21.1 Å². The van der Waals surface area contributed by atoms with E-state index in [0.717, 1.165) is 13.2 Å². The highest BCUT2D eigenvalue weighted by Crippen LogP contribution is 2.23. The molecule has 1 rings (SSSR count). The van der Waals surface area contributed by atoms with Crippen molar-refractivity contribution in [3.8, 4) is 0 Å². The minimum Gasteiger partial charge on any atom is -0.465 e. The maximum atomic E-state index is 11.0. The summed E-state index contributed by atoms with van der Waals surface area (Å²) >= 11 is 5.44. The molecule has 0 saturated heterocycles. The number of methoxy groups -OCH3 is 1. The molecular formula is C6H6ClNO5S. The summed E-state index contributed by atoms with van der Waals surface area (Å²) in [6, 6.07) is 0.906. The zero-order chi connectivity index (χ0) is 10.9. The molecule has 0 aliphatic rings. The number of ether oxygens (including phenoxy) is 1. The molecule has 1 aromatic rings. The summed E-state index contributed by atoms with van der Waals surface area (Å²) in [5.41, 5.74) is -0.182. The van der Waals surface area contributed by atoms with Gasteiger partial charge >= 0.3 is 5.97 Å². The average molecular weight is 240 g/mol. The first-order valence-corrected chi connectivity index (χ1v) is 5.19. The number of sulfonamides is 1. The highest BCUT2D eigenvalue weighted by Gasteiger charge is 2.22. The Bertz CT molecular complexity index is 463. The van der Waals surface area contributed by atoms with Crippen LogP contribution in [0.25, 0.3) is 0 Å². The van der Waals surface area contributed by atoms with Gasteiger partial charge in [-0.05, 0) is 11.6 Å². The number of esters is 1. The van der Waals surface area contributed by atoms with Crippen LogP contribution in [0, 0.1) is 0 Å². The number of carbonyl (C=O) groups is 1. The van der Waals surface area contributed by atoms with Gasteiger partial charge in [0.1, 0.15) is 5.56 Å². The number of hydrogen-bond acceptors (Lipinski definition) is 5. The van der Waals surface area contributed by atoms with E-state index in [4.69, 9.17) is 16.7 Å². The van der Waals surface area contributed by atoms with Gasteiger partial charge < -0.3 is 9.15 Å². The first-order chi connectivity index (χ1) is 6.36. The predicted octanol–water partition coefficient (Wildman–Crippen LogP) is 0.367. The third-order valence-electron chi connectivity index (χ3n) is 1.35. The van der Waals surface area contributed by atoms with Crippen molar-refractivity contribution in [2.75, 3.05) is 7.11 Å². The van der Waals surface area contributed by atoms with E-state index >= 15 is 0 Å². The molecule has 0 aliphatic carbocycles. The molecule has 6 nitrogen and oxygen atoms in total. The number of carbonyl (C=O) groups excluding carboxylic acids is 1. The Morgan fingerprint density at radius 1 is 1.64 bits per heavy atom. The summed E-state index contributed by atoms with van der Waals surface area (Å²) in [7, 11) is -2.88. The van der Waals surface area contributed by atoms with Crippen molar-refractivity contribution in [2.45, 2.75) is 5.09 Å². The molecule has 14 heavy (non-hydrogen) atoms. The third-order valence-corrected chi connectivity index (χ3v) is 2.39. The van der Waals surface area contributed by atoms with E-state index in [9.17, 15) is 13.2 Å². The van der Waals surface area contributed by atoms with Gasteiger partial charge in [-0.3, -0.25) is 0 Å². The molecule has 0 aliphatic heterocycles. The molecule has 0 atom stereocenters. The zero-order valence-corrected chi connectivity index (χ0v) is 8.55. The van der Waals surface area contributed by atoms with Crippen molar-refractivity contribution >= 4 is 27.6 Å². The van der Waals surface area contributed by atoms with Crippen molar-refractivity contribution in [1.29, 1.82) is 0 Å². The van der Waals surface area contributed by atoms with E-state index in [-0.39, 0.29) is 10.8 Å².